The lowest BCUT2D eigenvalue weighted by atomic mass is 10.1. The van der Waals surface area contributed by atoms with E-state index in [2.05, 4.69) is 10.6 Å². The largest absolute Gasteiger partial charge is 0.481 e. The van der Waals surface area contributed by atoms with Gasteiger partial charge in [0, 0.05) is 12.8 Å². The van der Waals surface area contributed by atoms with Crippen molar-refractivity contribution in [3.8, 4) is 0 Å². The number of carboxylic acids is 2. The summed E-state index contributed by atoms with van der Waals surface area (Å²) >= 11 is 0. The highest BCUT2D eigenvalue weighted by Gasteiger charge is 2.25. The molecule has 0 heterocycles. The summed E-state index contributed by atoms with van der Waals surface area (Å²) in [7, 11) is 0. The van der Waals surface area contributed by atoms with Gasteiger partial charge in [-0.05, 0) is 19.8 Å². The summed E-state index contributed by atoms with van der Waals surface area (Å²) in [5, 5.41) is 21.9. The van der Waals surface area contributed by atoms with Crippen LogP contribution in [0.2, 0.25) is 0 Å². The molecule has 0 radical (unpaired) electrons. The van der Waals surface area contributed by atoms with Gasteiger partial charge in [0.2, 0.25) is 17.7 Å². The van der Waals surface area contributed by atoms with Crippen LogP contribution in [0.25, 0.3) is 0 Å². The summed E-state index contributed by atoms with van der Waals surface area (Å²) in [5.74, 6) is -4.70. The molecular weight excluding hydrogens is 324 g/mol. The Balaban J connectivity index is 4.51. The molecule has 0 aromatic carbocycles. The van der Waals surface area contributed by atoms with Gasteiger partial charge >= 0.3 is 11.9 Å². The second kappa shape index (κ2) is 10.2. The fourth-order valence-electron chi connectivity index (χ4n) is 1.64. The first-order valence-corrected chi connectivity index (χ1v) is 7.13. The molecule has 0 bridgehead atoms. The summed E-state index contributed by atoms with van der Waals surface area (Å²) in [4.78, 5) is 55.7. The van der Waals surface area contributed by atoms with Gasteiger partial charge in [0.05, 0.1) is 6.04 Å². The molecule has 0 aliphatic carbocycles. The van der Waals surface area contributed by atoms with Crippen molar-refractivity contribution in [1.82, 2.24) is 10.6 Å². The maximum absolute atomic E-state index is 11.9. The van der Waals surface area contributed by atoms with Gasteiger partial charge < -0.3 is 32.3 Å². The van der Waals surface area contributed by atoms with Crippen molar-refractivity contribution >= 4 is 29.7 Å². The van der Waals surface area contributed by atoms with Gasteiger partial charge in [-0.15, -0.1) is 0 Å². The number of nitrogens with two attached hydrogens (primary N) is 2. The second-order valence-electron chi connectivity index (χ2n) is 5.17. The van der Waals surface area contributed by atoms with Crippen molar-refractivity contribution in [2.75, 3.05) is 0 Å². The van der Waals surface area contributed by atoms with Crippen molar-refractivity contribution in [1.29, 1.82) is 0 Å². The quantitative estimate of drug-likeness (QED) is 0.236. The molecule has 0 aliphatic heterocycles. The normalized spacial score (nSPS) is 14.1. The molecule has 136 valence electrons. The molecule has 0 aliphatic rings. The number of hydrogen-bond acceptors (Lipinski definition) is 6. The highest BCUT2D eigenvalue weighted by Crippen LogP contribution is 2.00. The lowest BCUT2D eigenvalue weighted by molar-refractivity contribution is -0.143. The minimum Gasteiger partial charge on any atom is -0.481 e. The lowest BCUT2D eigenvalue weighted by Crippen LogP contribution is -2.53. The Hall–Kier alpha value is -2.69. The zero-order valence-electron chi connectivity index (χ0n) is 13.2. The van der Waals surface area contributed by atoms with E-state index in [1.807, 2.05) is 0 Å². The minimum atomic E-state index is -1.39. The van der Waals surface area contributed by atoms with E-state index in [0.717, 1.165) is 0 Å². The van der Waals surface area contributed by atoms with Crippen molar-refractivity contribution in [3.05, 3.63) is 0 Å². The first-order chi connectivity index (χ1) is 11.0. The van der Waals surface area contributed by atoms with Crippen molar-refractivity contribution in [3.63, 3.8) is 0 Å². The van der Waals surface area contributed by atoms with Crippen LogP contribution in [0.4, 0.5) is 0 Å². The Morgan fingerprint density at radius 2 is 1.54 bits per heavy atom. The molecule has 11 heteroatoms. The van der Waals surface area contributed by atoms with Crippen LogP contribution in [0.15, 0.2) is 0 Å². The summed E-state index contributed by atoms with van der Waals surface area (Å²) in [6.45, 7) is 1.31. The van der Waals surface area contributed by atoms with Crippen LogP contribution in [0.3, 0.4) is 0 Å². The summed E-state index contributed by atoms with van der Waals surface area (Å²) in [6, 6.07) is -3.53. The molecule has 0 aromatic rings. The molecule has 0 saturated heterocycles. The zero-order valence-corrected chi connectivity index (χ0v) is 13.2. The van der Waals surface area contributed by atoms with Crippen LogP contribution >= 0.6 is 0 Å². The molecule has 0 rings (SSSR count). The van der Waals surface area contributed by atoms with Crippen molar-refractivity contribution < 1.29 is 34.2 Å². The van der Waals surface area contributed by atoms with E-state index < -0.39 is 54.2 Å². The molecule has 8 N–H and O–H groups in total. The summed E-state index contributed by atoms with van der Waals surface area (Å²) < 4.78 is 0. The smallest absolute Gasteiger partial charge is 0.326 e. The van der Waals surface area contributed by atoms with Crippen LogP contribution in [-0.2, 0) is 24.0 Å². The predicted octanol–water partition coefficient (Wildman–Crippen LogP) is -2.48. The number of primary amides is 1. The maximum Gasteiger partial charge on any atom is 0.326 e. The van der Waals surface area contributed by atoms with E-state index in [0.29, 0.717) is 0 Å². The van der Waals surface area contributed by atoms with Gasteiger partial charge in [0.25, 0.3) is 0 Å². The van der Waals surface area contributed by atoms with Gasteiger partial charge in [-0.3, -0.25) is 19.2 Å². The van der Waals surface area contributed by atoms with Gasteiger partial charge in [0.15, 0.2) is 0 Å². The number of carbonyl (C=O) groups is 5. The number of carbonyl (C=O) groups excluding carboxylic acids is 3. The molecule has 0 saturated carbocycles. The third-order valence-corrected chi connectivity index (χ3v) is 3.05. The molecule has 0 spiro atoms. The van der Waals surface area contributed by atoms with E-state index in [9.17, 15) is 24.0 Å². The van der Waals surface area contributed by atoms with Gasteiger partial charge in [-0.2, -0.15) is 0 Å². The van der Waals surface area contributed by atoms with E-state index in [-0.39, 0.29) is 19.3 Å². The first-order valence-electron chi connectivity index (χ1n) is 7.13. The van der Waals surface area contributed by atoms with E-state index in [1.165, 1.54) is 6.92 Å². The zero-order chi connectivity index (χ0) is 18.9. The fourth-order valence-corrected chi connectivity index (χ4v) is 1.64. The second-order valence-corrected chi connectivity index (χ2v) is 5.17. The molecule has 0 aromatic heterocycles. The van der Waals surface area contributed by atoms with Crippen molar-refractivity contribution in [2.45, 2.75) is 50.7 Å². The number of hydrogen-bond donors (Lipinski definition) is 6. The average molecular weight is 346 g/mol. The molecule has 3 unspecified atom stereocenters. The molecule has 3 atom stereocenters. The van der Waals surface area contributed by atoms with Gasteiger partial charge in [-0.25, -0.2) is 4.79 Å². The Bertz CT molecular complexity index is 509. The third-order valence-electron chi connectivity index (χ3n) is 3.05. The highest BCUT2D eigenvalue weighted by atomic mass is 16.4. The molecular formula is C13H22N4O7. The topological polar surface area (TPSA) is 202 Å². The SMILES string of the molecule is CC(NC(=O)C(N)CCC(N)=O)C(=O)NC(CCC(=O)O)C(=O)O. The number of carboxylic acid groups (broad SMARTS) is 2. The third kappa shape index (κ3) is 8.68. The van der Waals surface area contributed by atoms with Crippen molar-refractivity contribution in [2.24, 2.45) is 11.5 Å². The lowest BCUT2D eigenvalue weighted by Gasteiger charge is -2.19. The van der Waals surface area contributed by atoms with E-state index in [1.54, 1.807) is 0 Å². The Kier molecular flexibility index (Phi) is 9.02. The monoisotopic (exact) mass is 346 g/mol. The molecule has 24 heavy (non-hydrogen) atoms. The number of rotatable bonds is 11. The Morgan fingerprint density at radius 3 is 2.00 bits per heavy atom. The molecule has 0 fully saturated rings. The van der Waals surface area contributed by atoms with Crippen LogP contribution in [0.5, 0.6) is 0 Å². The van der Waals surface area contributed by atoms with Crippen LogP contribution in [-0.4, -0.2) is 58.0 Å². The highest BCUT2D eigenvalue weighted by molar-refractivity contribution is 5.91. The van der Waals surface area contributed by atoms with Crippen LogP contribution < -0.4 is 22.1 Å². The first kappa shape index (κ1) is 21.3. The van der Waals surface area contributed by atoms with Gasteiger partial charge in [-0.1, -0.05) is 0 Å². The number of amides is 3. The van der Waals surface area contributed by atoms with E-state index in [4.69, 9.17) is 21.7 Å². The van der Waals surface area contributed by atoms with Crippen LogP contribution in [0.1, 0.15) is 32.6 Å². The number of aliphatic carboxylic acids is 2. The molecule has 3 amide bonds. The summed E-state index contributed by atoms with van der Waals surface area (Å²) in [5.41, 5.74) is 10.5. The Morgan fingerprint density at radius 1 is 0.958 bits per heavy atom. The van der Waals surface area contributed by atoms with Crippen LogP contribution in [0, 0.1) is 0 Å². The minimum absolute atomic E-state index is 0.00582. The standard InChI is InChI=1S/C13H22N4O7/c1-6(16-12(22)7(14)2-4-9(15)18)11(21)17-8(13(23)24)3-5-10(19)20/h6-8H,2-5,14H2,1H3,(H2,15,18)(H,16,22)(H,17,21)(H,19,20)(H,23,24). The maximum atomic E-state index is 11.9. The predicted molar refractivity (Wildman–Crippen MR) is 80.4 cm³/mol. The number of nitrogens with one attached hydrogen (secondary N) is 2. The van der Waals surface area contributed by atoms with E-state index >= 15 is 0 Å². The van der Waals surface area contributed by atoms with Gasteiger partial charge in [0.1, 0.15) is 12.1 Å². The Labute approximate surface area is 137 Å². The average Bonchev–Trinajstić information content (AvgIpc) is 2.47. The summed E-state index contributed by atoms with van der Waals surface area (Å²) in [6.07, 6.45) is -0.817. The fraction of sp³-hybridized carbons (Fsp3) is 0.615. The molecule has 11 nitrogen and oxygen atoms in total.